The first-order valence-electron chi connectivity index (χ1n) is 6.75. The van der Waals surface area contributed by atoms with Gasteiger partial charge in [0.1, 0.15) is 11.5 Å². The SMILES string of the molecule is CCCCOc1cc(CBr)cc(OCCCC)c1. The van der Waals surface area contributed by atoms with Crippen LogP contribution in [0.25, 0.3) is 0 Å². The number of alkyl halides is 1. The monoisotopic (exact) mass is 314 g/mol. The van der Waals surface area contributed by atoms with Crippen molar-refractivity contribution < 1.29 is 9.47 Å². The van der Waals surface area contributed by atoms with Gasteiger partial charge in [0, 0.05) is 11.4 Å². The lowest BCUT2D eigenvalue weighted by Crippen LogP contribution is -2.00. The molecular formula is C15H23BrO2. The first kappa shape index (κ1) is 15.4. The van der Waals surface area contributed by atoms with Gasteiger partial charge in [-0.1, -0.05) is 42.6 Å². The molecule has 2 nitrogen and oxygen atoms in total. The third-order valence-corrected chi connectivity index (χ3v) is 3.27. The molecule has 0 bridgehead atoms. The molecule has 0 fully saturated rings. The van der Waals surface area contributed by atoms with E-state index in [1.165, 1.54) is 5.56 Å². The minimum absolute atomic E-state index is 0.774. The average molecular weight is 315 g/mol. The van der Waals surface area contributed by atoms with E-state index in [9.17, 15) is 0 Å². The van der Waals surface area contributed by atoms with E-state index in [2.05, 4.69) is 41.9 Å². The summed E-state index contributed by atoms with van der Waals surface area (Å²) in [5.41, 5.74) is 1.19. The van der Waals surface area contributed by atoms with E-state index in [1.54, 1.807) is 0 Å². The summed E-state index contributed by atoms with van der Waals surface area (Å²) in [5, 5.41) is 0.822. The van der Waals surface area contributed by atoms with E-state index in [0.717, 1.165) is 55.7 Å². The molecule has 102 valence electrons. The summed E-state index contributed by atoms with van der Waals surface area (Å²) in [6.07, 6.45) is 4.48. The van der Waals surface area contributed by atoms with Crippen molar-refractivity contribution in [2.75, 3.05) is 13.2 Å². The second kappa shape index (κ2) is 9.26. The van der Waals surface area contributed by atoms with Gasteiger partial charge < -0.3 is 9.47 Å². The van der Waals surface area contributed by atoms with Gasteiger partial charge in [-0.25, -0.2) is 0 Å². The molecule has 0 atom stereocenters. The zero-order valence-corrected chi connectivity index (χ0v) is 13.0. The molecule has 0 aliphatic carbocycles. The summed E-state index contributed by atoms with van der Waals surface area (Å²) in [6, 6.07) is 6.12. The predicted molar refractivity (Wildman–Crippen MR) is 79.9 cm³/mol. The quantitative estimate of drug-likeness (QED) is 0.475. The standard InChI is InChI=1S/C15H23BrO2/c1-3-5-7-17-14-9-13(12-16)10-15(11-14)18-8-6-4-2/h9-11H,3-8,12H2,1-2H3. The van der Waals surface area contributed by atoms with Crippen LogP contribution in [0.2, 0.25) is 0 Å². The molecule has 3 heteroatoms. The van der Waals surface area contributed by atoms with E-state index >= 15 is 0 Å². The lowest BCUT2D eigenvalue weighted by Gasteiger charge is -2.11. The Morgan fingerprint density at radius 3 is 1.78 bits per heavy atom. The van der Waals surface area contributed by atoms with Crippen LogP contribution in [0.5, 0.6) is 11.5 Å². The van der Waals surface area contributed by atoms with Gasteiger partial charge in [-0.2, -0.15) is 0 Å². The lowest BCUT2D eigenvalue weighted by molar-refractivity contribution is 0.294. The fourth-order valence-electron chi connectivity index (χ4n) is 1.54. The minimum atomic E-state index is 0.774. The Labute approximate surface area is 119 Å². The second-order valence-electron chi connectivity index (χ2n) is 4.35. The van der Waals surface area contributed by atoms with Crippen molar-refractivity contribution in [3.05, 3.63) is 23.8 Å². The van der Waals surface area contributed by atoms with Crippen molar-refractivity contribution in [3.63, 3.8) is 0 Å². The number of ether oxygens (including phenoxy) is 2. The van der Waals surface area contributed by atoms with Crippen molar-refractivity contribution in [3.8, 4) is 11.5 Å². The highest BCUT2D eigenvalue weighted by Crippen LogP contribution is 2.25. The van der Waals surface area contributed by atoms with Gasteiger partial charge in [0.25, 0.3) is 0 Å². The molecule has 0 aliphatic heterocycles. The average Bonchev–Trinajstić information content (AvgIpc) is 2.39. The molecule has 0 aliphatic rings. The fourth-order valence-corrected chi connectivity index (χ4v) is 1.87. The van der Waals surface area contributed by atoms with Crippen molar-refractivity contribution >= 4 is 15.9 Å². The van der Waals surface area contributed by atoms with E-state index in [4.69, 9.17) is 9.47 Å². The molecule has 0 N–H and O–H groups in total. The Kier molecular flexibility index (Phi) is 7.90. The van der Waals surface area contributed by atoms with Crippen LogP contribution in [0.4, 0.5) is 0 Å². The number of unbranched alkanes of at least 4 members (excludes halogenated alkanes) is 2. The number of benzene rings is 1. The highest BCUT2D eigenvalue weighted by atomic mass is 79.9. The Hall–Kier alpha value is -0.700. The number of hydrogen-bond donors (Lipinski definition) is 0. The second-order valence-corrected chi connectivity index (χ2v) is 4.91. The Balaban J connectivity index is 2.62. The maximum atomic E-state index is 5.74. The van der Waals surface area contributed by atoms with E-state index < -0.39 is 0 Å². The van der Waals surface area contributed by atoms with Gasteiger partial charge in [-0.05, 0) is 30.5 Å². The summed E-state index contributed by atoms with van der Waals surface area (Å²) in [6.45, 7) is 5.88. The molecular weight excluding hydrogens is 292 g/mol. The topological polar surface area (TPSA) is 18.5 Å². The van der Waals surface area contributed by atoms with Crippen LogP contribution in [0.3, 0.4) is 0 Å². The molecule has 0 aromatic heterocycles. The number of rotatable bonds is 9. The molecule has 0 radical (unpaired) electrons. The van der Waals surface area contributed by atoms with Gasteiger partial charge in [0.2, 0.25) is 0 Å². The van der Waals surface area contributed by atoms with Crippen LogP contribution >= 0.6 is 15.9 Å². The molecule has 0 amide bonds. The molecule has 1 rings (SSSR count). The summed E-state index contributed by atoms with van der Waals surface area (Å²) in [7, 11) is 0. The van der Waals surface area contributed by atoms with E-state index in [0.29, 0.717) is 0 Å². The maximum absolute atomic E-state index is 5.74. The Bertz CT molecular complexity index is 311. The Morgan fingerprint density at radius 1 is 0.889 bits per heavy atom. The molecule has 1 aromatic rings. The van der Waals surface area contributed by atoms with Crippen LogP contribution < -0.4 is 9.47 Å². The number of hydrogen-bond acceptors (Lipinski definition) is 2. The molecule has 0 saturated heterocycles. The summed E-state index contributed by atoms with van der Waals surface area (Å²) in [5.74, 6) is 1.82. The summed E-state index contributed by atoms with van der Waals surface area (Å²) >= 11 is 3.48. The predicted octanol–water partition coefficient (Wildman–Crippen LogP) is 4.94. The zero-order valence-electron chi connectivity index (χ0n) is 11.4. The third-order valence-electron chi connectivity index (χ3n) is 2.63. The van der Waals surface area contributed by atoms with Gasteiger partial charge >= 0.3 is 0 Å². The molecule has 18 heavy (non-hydrogen) atoms. The highest BCUT2D eigenvalue weighted by Gasteiger charge is 2.02. The number of halogens is 1. The van der Waals surface area contributed by atoms with Crippen LogP contribution in [-0.4, -0.2) is 13.2 Å². The van der Waals surface area contributed by atoms with E-state index in [1.807, 2.05) is 6.07 Å². The van der Waals surface area contributed by atoms with Crippen molar-refractivity contribution in [2.45, 2.75) is 44.9 Å². The Morgan fingerprint density at radius 2 is 1.39 bits per heavy atom. The molecule has 0 heterocycles. The van der Waals surface area contributed by atoms with Crippen LogP contribution in [0.1, 0.15) is 45.1 Å². The highest BCUT2D eigenvalue weighted by molar-refractivity contribution is 9.08. The first-order valence-corrected chi connectivity index (χ1v) is 7.87. The van der Waals surface area contributed by atoms with Gasteiger partial charge in [0.05, 0.1) is 13.2 Å². The normalized spacial score (nSPS) is 10.4. The van der Waals surface area contributed by atoms with Gasteiger partial charge in [0.15, 0.2) is 0 Å². The molecule has 0 unspecified atom stereocenters. The summed E-state index contributed by atoms with van der Waals surface area (Å²) < 4.78 is 11.5. The maximum Gasteiger partial charge on any atom is 0.123 e. The van der Waals surface area contributed by atoms with Crippen LogP contribution in [0.15, 0.2) is 18.2 Å². The van der Waals surface area contributed by atoms with Crippen molar-refractivity contribution in [1.29, 1.82) is 0 Å². The third kappa shape index (κ3) is 5.76. The molecule has 0 spiro atoms. The van der Waals surface area contributed by atoms with Gasteiger partial charge in [-0.3, -0.25) is 0 Å². The van der Waals surface area contributed by atoms with Crippen molar-refractivity contribution in [1.82, 2.24) is 0 Å². The molecule has 0 saturated carbocycles. The lowest BCUT2D eigenvalue weighted by atomic mass is 10.2. The van der Waals surface area contributed by atoms with E-state index in [-0.39, 0.29) is 0 Å². The van der Waals surface area contributed by atoms with Crippen LogP contribution in [-0.2, 0) is 5.33 Å². The minimum Gasteiger partial charge on any atom is -0.493 e. The van der Waals surface area contributed by atoms with Crippen LogP contribution in [0, 0.1) is 0 Å². The zero-order chi connectivity index (χ0) is 13.2. The smallest absolute Gasteiger partial charge is 0.123 e. The first-order chi connectivity index (χ1) is 8.80. The van der Waals surface area contributed by atoms with Crippen molar-refractivity contribution in [2.24, 2.45) is 0 Å². The summed E-state index contributed by atoms with van der Waals surface area (Å²) in [4.78, 5) is 0. The fraction of sp³-hybridized carbons (Fsp3) is 0.600. The largest absolute Gasteiger partial charge is 0.493 e. The van der Waals surface area contributed by atoms with Gasteiger partial charge in [-0.15, -0.1) is 0 Å². The molecule has 1 aromatic carbocycles.